The Morgan fingerprint density at radius 2 is 0.741 bits per heavy atom. The second-order valence-corrected chi connectivity index (χ2v) is 8.78. The molecule has 0 aliphatic heterocycles. The van der Waals surface area contributed by atoms with Gasteiger partial charge >= 0.3 is 21.2 Å². The fourth-order valence-corrected chi connectivity index (χ4v) is 4.70. The Labute approximate surface area is 171 Å². The summed E-state index contributed by atoms with van der Waals surface area (Å²) in [5.74, 6) is 0.0752. The van der Waals surface area contributed by atoms with E-state index >= 15 is 0 Å². The lowest BCUT2D eigenvalue weighted by molar-refractivity contribution is -0.597. The van der Waals surface area contributed by atoms with Crippen LogP contribution in [0.25, 0.3) is 0 Å². The Bertz CT molecular complexity index is 857. The van der Waals surface area contributed by atoms with Crippen molar-refractivity contribution < 1.29 is 26.0 Å². The van der Waals surface area contributed by atoms with Crippen LogP contribution < -0.4 is 21.2 Å². The van der Waals surface area contributed by atoms with E-state index in [4.69, 9.17) is 0 Å². The van der Waals surface area contributed by atoms with Gasteiger partial charge in [-0.25, -0.2) is 0 Å². The van der Waals surface area contributed by atoms with E-state index in [1.807, 2.05) is 60.7 Å². The van der Waals surface area contributed by atoms with Crippen LogP contribution in [0.5, 0.6) is 0 Å². The lowest BCUT2D eigenvalue weighted by Gasteiger charge is -1.99. The minimum absolute atomic E-state index is 0.0287. The van der Waals surface area contributed by atoms with E-state index in [9.17, 15) is 4.79 Å². The highest BCUT2D eigenvalue weighted by molar-refractivity contribution is 6.08. The lowest BCUT2D eigenvalue weighted by Crippen LogP contribution is -3.61. The summed E-state index contributed by atoms with van der Waals surface area (Å²) in [5.41, 5.74) is 1.47. The highest BCUT2D eigenvalue weighted by atomic mass is 127. The molecule has 0 aliphatic carbocycles. The number of carbonyl (C=O) groups is 1. The number of halogens is 1. The normalized spacial score (nSPS) is 9.78. The quantitative estimate of drug-likeness (QED) is 0.336. The molecule has 2 heteroatoms. The number of benzene rings is 4. The van der Waals surface area contributed by atoms with Gasteiger partial charge in [0.25, 0.3) is 0 Å². The smallest absolute Gasteiger partial charge is 0.289 e. The van der Waals surface area contributed by atoms with Crippen molar-refractivity contribution >= 4 is 5.78 Å². The molecule has 4 aromatic rings. The largest absolute Gasteiger partial charge is 0.357 e. The summed E-state index contributed by atoms with van der Waals surface area (Å²) in [5, 5.41) is 0. The molecule has 0 saturated carbocycles. The summed E-state index contributed by atoms with van der Waals surface area (Å²) in [4.78, 5) is 11.8. The van der Waals surface area contributed by atoms with Crippen LogP contribution in [-0.2, 0) is 0 Å². The molecule has 0 atom stereocenters. The zero-order valence-electron chi connectivity index (χ0n) is 14.8. The monoisotopic (exact) mass is 463 g/mol. The maximum absolute atomic E-state index is 11.8. The van der Waals surface area contributed by atoms with E-state index in [1.54, 1.807) is 0 Å². The Hall–Kier alpha value is -2.72. The van der Waals surface area contributed by atoms with Crippen molar-refractivity contribution in [3.05, 3.63) is 140 Å². The molecule has 132 valence electrons. The van der Waals surface area contributed by atoms with Crippen molar-refractivity contribution in [2.24, 2.45) is 0 Å². The van der Waals surface area contributed by atoms with Crippen LogP contribution >= 0.6 is 0 Å². The van der Waals surface area contributed by atoms with Crippen LogP contribution in [0.15, 0.2) is 121 Å². The number of ketones is 1. The Kier molecular flexibility index (Phi) is 7.36. The van der Waals surface area contributed by atoms with Crippen LogP contribution in [0.4, 0.5) is 0 Å². The zero-order chi connectivity index (χ0) is 18.7. The van der Waals surface area contributed by atoms with Gasteiger partial charge in [0.1, 0.15) is 0 Å². The van der Waals surface area contributed by atoms with Crippen LogP contribution in [0.1, 0.15) is 15.9 Å². The number of rotatable bonds is 4. The number of carbonyl (C=O) groups excluding carboxylic acids is 1. The van der Waals surface area contributed by atoms with Crippen LogP contribution in [0, 0.1) is 7.14 Å². The highest BCUT2D eigenvalue weighted by Crippen LogP contribution is 2.08. The van der Waals surface area contributed by atoms with Gasteiger partial charge < -0.3 is 0 Å². The molecule has 0 spiro atoms. The summed E-state index contributed by atoms with van der Waals surface area (Å²) in [6.07, 6.45) is 0. The van der Waals surface area contributed by atoms with Crippen molar-refractivity contribution in [3.8, 4) is 0 Å². The molecular formula is C25H20IO+. The molecular weight excluding hydrogens is 443 g/mol. The average molecular weight is 463 g/mol. The fourth-order valence-electron chi connectivity index (χ4n) is 2.43. The first-order chi connectivity index (χ1) is 13.3. The molecule has 1 nitrogen and oxygen atoms in total. The third kappa shape index (κ3) is 6.19. The van der Waals surface area contributed by atoms with Gasteiger partial charge in [0, 0.05) is 11.1 Å². The summed E-state index contributed by atoms with van der Waals surface area (Å²) >= 11 is 0.0287. The van der Waals surface area contributed by atoms with E-state index in [1.165, 1.54) is 7.14 Å². The van der Waals surface area contributed by atoms with Crippen LogP contribution in [0.2, 0.25) is 0 Å². The topological polar surface area (TPSA) is 17.1 Å². The van der Waals surface area contributed by atoms with E-state index in [2.05, 4.69) is 60.7 Å². The summed E-state index contributed by atoms with van der Waals surface area (Å²) in [6.45, 7) is 0. The summed E-state index contributed by atoms with van der Waals surface area (Å²) in [6, 6.07) is 40.0. The van der Waals surface area contributed by atoms with Gasteiger partial charge in [-0.1, -0.05) is 97.1 Å². The van der Waals surface area contributed by atoms with Crippen LogP contribution in [-0.4, -0.2) is 5.78 Å². The summed E-state index contributed by atoms with van der Waals surface area (Å²) < 4.78 is 2.96. The minimum atomic E-state index is 0.0287. The second-order valence-electron chi connectivity index (χ2n) is 5.75. The first-order valence-corrected chi connectivity index (χ1v) is 10.9. The molecule has 4 aromatic carbocycles. The fraction of sp³-hybridized carbons (Fsp3) is 0. The first-order valence-electron chi connectivity index (χ1n) is 8.72. The molecule has 27 heavy (non-hydrogen) atoms. The maximum Gasteiger partial charge on any atom is 0.357 e. The zero-order valence-corrected chi connectivity index (χ0v) is 17.0. The van der Waals surface area contributed by atoms with Crippen LogP contribution in [0.3, 0.4) is 0 Å². The van der Waals surface area contributed by atoms with Gasteiger partial charge in [-0.05, 0) is 24.3 Å². The molecule has 0 heterocycles. The van der Waals surface area contributed by atoms with Gasteiger partial charge in [0.15, 0.2) is 12.9 Å². The minimum Gasteiger partial charge on any atom is -0.289 e. The molecule has 0 amide bonds. The second kappa shape index (κ2) is 10.4. The van der Waals surface area contributed by atoms with Crippen molar-refractivity contribution in [3.63, 3.8) is 0 Å². The van der Waals surface area contributed by atoms with Crippen molar-refractivity contribution in [1.82, 2.24) is 0 Å². The average Bonchev–Trinajstić information content (AvgIpc) is 2.76. The summed E-state index contributed by atoms with van der Waals surface area (Å²) in [7, 11) is 0. The molecule has 0 aromatic heterocycles. The standard InChI is InChI=1S/C13H10O.C12H10I/c14-13(11-7-3-1-4-8-11)12-9-5-2-6-10-12;1-3-7-11(8-4-1)13-12-9-5-2-6-10-12/h1-10H;1-10H/q;+1. The van der Waals surface area contributed by atoms with E-state index in [-0.39, 0.29) is 27.0 Å². The van der Waals surface area contributed by atoms with E-state index < -0.39 is 0 Å². The molecule has 0 bridgehead atoms. The van der Waals surface area contributed by atoms with Gasteiger partial charge in [-0.3, -0.25) is 4.79 Å². The lowest BCUT2D eigenvalue weighted by atomic mass is 10.0. The first kappa shape index (κ1) is 19.1. The maximum atomic E-state index is 11.8. The Balaban J connectivity index is 0.000000156. The van der Waals surface area contributed by atoms with Gasteiger partial charge in [-0.2, -0.15) is 0 Å². The number of hydrogen-bond acceptors (Lipinski definition) is 1. The predicted octanol–water partition coefficient (Wildman–Crippen LogP) is 2.73. The molecule has 0 unspecified atom stereocenters. The molecule has 4 rings (SSSR count). The number of hydrogen-bond donors (Lipinski definition) is 0. The van der Waals surface area contributed by atoms with Gasteiger partial charge in [0.2, 0.25) is 0 Å². The predicted molar refractivity (Wildman–Crippen MR) is 107 cm³/mol. The third-order valence-corrected chi connectivity index (χ3v) is 6.44. The van der Waals surface area contributed by atoms with Crippen molar-refractivity contribution in [2.45, 2.75) is 0 Å². The van der Waals surface area contributed by atoms with E-state index in [0.29, 0.717) is 0 Å². The Morgan fingerprint density at radius 1 is 0.444 bits per heavy atom. The molecule has 0 saturated heterocycles. The molecule has 0 N–H and O–H groups in total. The van der Waals surface area contributed by atoms with Crippen molar-refractivity contribution in [1.29, 1.82) is 0 Å². The molecule has 0 aliphatic rings. The third-order valence-electron chi connectivity index (χ3n) is 3.76. The molecule has 0 fully saturated rings. The van der Waals surface area contributed by atoms with Gasteiger partial charge in [0.05, 0.1) is 0 Å². The SMILES string of the molecule is O=C(c1ccccc1)c1ccccc1.c1ccc([I+]c2ccccc2)cc1. The Morgan fingerprint density at radius 3 is 1.07 bits per heavy atom. The van der Waals surface area contributed by atoms with Gasteiger partial charge in [-0.15, -0.1) is 0 Å². The molecule has 0 radical (unpaired) electrons. The van der Waals surface area contributed by atoms with Crippen molar-refractivity contribution in [2.75, 3.05) is 0 Å². The van der Waals surface area contributed by atoms with E-state index in [0.717, 1.165) is 11.1 Å². The highest BCUT2D eigenvalue weighted by Gasteiger charge is 2.12.